The molecule has 0 heterocycles. The summed E-state index contributed by atoms with van der Waals surface area (Å²) < 4.78 is 40.1. The highest BCUT2D eigenvalue weighted by Gasteiger charge is 2.25. The van der Waals surface area contributed by atoms with Crippen LogP contribution in [-0.4, -0.2) is 31.4 Å². The first-order valence-electron chi connectivity index (χ1n) is 4.58. The lowest BCUT2D eigenvalue weighted by molar-refractivity contribution is 0.485. The molecular formula is C10H16O4S2. The standard InChI is InChI=1S/C10H16O4S2/c1-9-5-7-10(8-6-9)15(11,12)14-16(2,3,4)13/h5-8H,1-4H3. The zero-order valence-corrected chi connectivity index (χ0v) is 11.4. The molecule has 0 saturated carbocycles. The predicted molar refractivity (Wildman–Crippen MR) is 65.4 cm³/mol. The van der Waals surface area contributed by atoms with Crippen LogP contribution < -0.4 is 0 Å². The van der Waals surface area contributed by atoms with Crippen molar-refractivity contribution in [2.24, 2.45) is 0 Å². The summed E-state index contributed by atoms with van der Waals surface area (Å²) in [6, 6.07) is 6.19. The Kier molecular flexibility index (Phi) is 3.04. The maximum atomic E-state index is 11.8. The van der Waals surface area contributed by atoms with Crippen LogP contribution in [0.4, 0.5) is 0 Å². The molecule has 0 radical (unpaired) electrons. The predicted octanol–water partition coefficient (Wildman–Crippen LogP) is 1.32. The molecule has 16 heavy (non-hydrogen) atoms. The molecule has 1 rings (SSSR count). The fourth-order valence-corrected chi connectivity index (χ4v) is 4.28. The van der Waals surface area contributed by atoms with Gasteiger partial charge in [0.1, 0.15) is 0 Å². The summed E-state index contributed by atoms with van der Waals surface area (Å²) in [6.45, 7) is 1.85. The summed E-state index contributed by atoms with van der Waals surface area (Å²) in [4.78, 5) is 0.0162. The molecule has 0 unspecified atom stereocenters. The first-order valence-corrected chi connectivity index (χ1v) is 9.11. The van der Waals surface area contributed by atoms with Crippen molar-refractivity contribution in [3.05, 3.63) is 29.8 Å². The van der Waals surface area contributed by atoms with E-state index in [1.165, 1.54) is 30.9 Å². The molecule has 0 aliphatic rings. The fourth-order valence-electron chi connectivity index (χ4n) is 1.05. The molecule has 1 aromatic rings. The van der Waals surface area contributed by atoms with Gasteiger partial charge in [0, 0.05) is 18.8 Å². The van der Waals surface area contributed by atoms with Crippen molar-refractivity contribution in [3.63, 3.8) is 0 Å². The molecule has 0 fully saturated rings. The quantitative estimate of drug-likeness (QED) is 0.826. The van der Waals surface area contributed by atoms with Gasteiger partial charge < -0.3 is 0 Å². The van der Waals surface area contributed by atoms with Gasteiger partial charge in [-0.1, -0.05) is 17.7 Å². The van der Waals surface area contributed by atoms with E-state index in [0.717, 1.165) is 5.56 Å². The second kappa shape index (κ2) is 3.65. The van der Waals surface area contributed by atoms with E-state index in [0.29, 0.717) is 0 Å². The van der Waals surface area contributed by atoms with Crippen LogP contribution in [-0.2, 0) is 23.1 Å². The molecule has 0 aliphatic carbocycles. The van der Waals surface area contributed by atoms with Gasteiger partial charge in [-0.15, -0.1) is 0 Å². The van der Waals surface area contributed by atoms with Crippen LogP contribution in [0.25, 0.3) is 0 Å². The van der Waals surface area contributed by atoms with Gasteiger partial charge in [-0.2, -0.15) is 21.4 Å². The largest absolute Gasteiger partial charge is 0.314 e. The topological polar surface area (TPSA) is 60.4 Å². The Balaban J connectivity index is 3.15. The van der Waals surface area contributed by atoms with E-state index in [1.807, 2.05) is 6.92 Å². The molecule has 6 heteroatoms. The third-order valence-corrected chi connectivity index (χ3v) is 5.05. The zero-order chi connectivity index (χ0) is 12.6. The minimum Gasteiger partial charge on any atom is -0.207 e. The lowest BCUT2D eigenvalue weighted by atomic mass is 10.2. The Bertz CT molecular complexity index is 538. The van der Waals surface area contributed by atoms with Gasteiger partial charge in [0.15, 0.2) is 0 Å². The van der Waals surface area contributed by atoms with Gasteiger partial charge in [0.05, 0.1) is 4.90 Å². The van der Waals surface area contributed by atoms with Crippen LogP contribution in [0.15, 0.2) is 29.2 Å². The van der Waals surface area contributed by atoms with Gasteiger partial charge in [-0.25, -0.2) is 4.21 Å². The van der Waals surface area contributed by atoms with Crippen molar-refractivity contribution in [1.29, 1.82) is 0 Å². The monoisotopic (exact) mass is 264 g/mol. The van der Waals surface area contributed by atoms with Gasteiger partial charge in [0.25, 0.3) is 0 Å². The van der Waals surface area contributed by atoms with Crippen molar-refractivity contribution in [1.82, 2.24) is 0 Å². The van der Waals surface area contributed by atoms with Crippen LogP contribution in [0, 0.1) is 6.92 Å². The zero-order valence-electron chi connectivity index (χ0n) is 9.76. The summed E-state index contributed by atoms with van der Waals surface area (Å²) >= 11 is 0. The molecule has 4 nitrogen and oxygen atoms in total. The second-order valence-electron chi connectivity index (χ2n) is 4.63. The molecule has 0 saturated heterocycles. The maximum absolute atomic E-state index is 11.8. The Morgan fingerprint density at radius 3 is 1.88 bits per heavy atom. The summed E-state index contributed by atoms with van der Waals surface area (Å²) in [5.74, 6) is 0. The first kappa shape index (κ1) is 13.3. The van der Waals surface area contributed by atoms with Crippen LogP contribution >= 0.6 is 0 Å². The summed E-state index contributed by atoms with van der Waals surface area (Å²) in [7, 11) is -7.51. The van der Waals surface area contributed by atoms with Crippen molar-refractivity contribution in [2.75, 3.05) is 18.8 Å². The number of hydrogen-bond donors (Lipinski definition) is 0. The SMILES string of the molecule is Cc1ccc(S(=O)(=O)OS(C)(C)(C)=O)cc1. The van der Waals surface area contributed by atoms with Gasteiger partial charge in [0.2, 0.25) is 0 Å². The van der Waals surface area contributed by atoms with Crippen LogP contribution in [0.2, 0.25) is 0 Å². The summed E-state index contributed by atoms with van der Waals surface area (Å²) in [6.07, 6.45) is 3.84. The van der Waals surface area contributed by atoms with E-state index in [-0.39, 0.29) is 4.90 Å². The van der Waals surface area contributed by atoms with E-state index in [1.54, 1.807) is 12.1 Å². The molecule has 0 bridgehead atoms. The third-order valence-electron chi connectivity index (χ3n) is 1.63. The average Bonchev–Trinajstić information content (AvgIpc) is 1.98. The number of hydrogen-bond acceptors (Lipinski definition) is 4. The normalized spacial score (nSPS) is 15.4. The van der Waals surface area contributed by atoms with Crippen LogP contribution in [0.5, 0.6) is 0 Å². The Labute approximate surface area is 96.4 Å². The van der Waals surface area contributed by atoms with Crippen molar-refractivity contribution in [2.45, 2.75) is 11.8 Å². The average molecular weight is 264 g/mol. The molecule has 0 atom stereocenters. The van der Waals surface area contributed by atoms with E-state index in [9.17, 15) is 12.6 Å². The highest BCUT2D eigenvalue weighted by Crippen LogP contribution is 2.23. The van der Waals surface area contributed by atoms with E-state index in [2.05, 4.69) is 0 Å². The van der Waals surface area contributed by atoms with Gasteiger partial charge in [-0.3, -0.25) is 0 Å². The number of rotatable bonds is 3. The minimum absolute atomic E-state index is 0.0162. The van der Waals surface area contributed by atoms with Crippen LogP contribution in [0.1, 0.15) is 5.56 Å². The molecule has 0 amide bonds. The highest BCUT2D eigenvalue weighted by molar-refractivity contribution is 8.18. The van der Waals surface area contributed by atoms with E-state index in [4.69, 9.17) is 3.63 Å². The Morgan fingerprint density at radius 1 is 1.06 bits per heavy atom. The lowest BCUT2D eigenvalue weighted by Gasteiger charge is -2.33. The molecule has 0 N–H and O–H groups in total. The van der Waals surface area contributed by atoms with Gasteiger partial charge in [-0.05, 0) is 19.1 Å². The Hall–Kier alpha value is -0.720. The Morgan fingerprint density at radius 2 is 1.50 bits per heavy atom. The first-order chi connectivity index (χ1) is 6.96. The molecular weight excluding hydrogens is 248 g/mol. The fraction of sp³-hybridized carbons (Fsp3) is 0.400. The highest BCUT2D eigenvalue weighted by atomic mass is 32.3. The van der Waals surface area contributed by atoms with Crippen LogP contribution in [0.3, 0.4) is 0 Å². The van der Waals surface area contributed by atoms with E-state index < -0.39 is 19.5 Å². The van der Waals surface area contributed by atoms with Gasteiger partial charge >= 0.3 is 10.1 Å². The van der Waals surface area contributed by atoms with E-state index >= 15 is 0 Å². The van der Waals surface area contributed by atoms with Crippen molar-refractivity contribution in [3.8, 4) is 0 Å². The molecule has 92 valence electrons. The smallest absolute Gasteiger partial charge is 0.207 e. The molecule has 0 aliphatic heterocycles. The second-order valence-corrected chi connectivity index (χ2v) is 11.1. The number of benzene rings is 1. The van der Waals surface area contributed by atoms with Crippen molar-refractivity contribution >= 4 is 19.5 Å². The maximum Gasteiger partial charge on any atom is 0.314 e. The molecule has 0 spiro atoms. The minimum atomic E-state index is -3.96. The third kappa shape index (κ3) is 4.03. The van der Waals surface area contributed by atoms with Crippen molar-refractivity contribution < 1.29 is 16.3 Å². The summed E-state index contributed by atoms with van der Waals surface area (Å²) in [5.41, 5.74) is 0.945. The molecule has 1 aromatic carbocycles. The molecule has 0 aromatic heterocycles. The summed E-state index contributed by atoms with van der Waals surface area (Å²) in [5, 5.41) is 0. The lowest BCUT2D eigenvalue weighted by Crippen LogP contribution is -2.33. The number of aryl methyl sites for hydroxylation is 1.